The lowest BCUT2D eigenvalue weighted by molar-refractivity contribution is 0.0405. The Labute approximate surface area is 117 Å². The highest BCUT2D eigenvalue weighted by Crippen LogP contribution is 2.21. The van der Waals surface area contributed by atoms with E-state index in [1.807, 2.05) is 0 Å². The molecule has 0 spiro atoms. The van der Waals surface area contributed by atoms with Crippen molar-refractivity contribution in [3.8, 4) is 0 Å². The molecule has 0 saturated carbocycles. The summed E-state index contributed by atoms with van der Waals surface area (Å²) in [6.45, 7) is 8.59. The third kappa shape index (κ3) is 4.05. The third-order valence-electron chi connectivity index (χ3n) is 4.30. The first-order chi connectivity index (χ1) is 9.20. The number of hydrogen-bond acceptors (Lipinski definition) is 2. The van der Waals surface area contributed by atoms with Gasteiger partial charge in [0, 0.05) is 18.7 Å². The number of benzene rings is 1. The van der Waals surface area contributed by atoms with Gasteiger partial charge in [0.15, 0.2) is 0 Å². The van der Waals surface area contributed by atoms with Crippen LogP contribution in [0.25, 0.3) is 0 Å². The molecular formula is C17H27NO. The van der Waals surface area contributed by atoms with Gasteiger partial charge in [0.05, 0.1) is 6.61 Å². The first-order valence-corrected chi connectivity index (χ1v) is 7.63. The van der Waals surface area contributed by atoms with Crippen molar-refractivity contribution in [2.45, 2.75) is 52.1 Å². The summed E-state index contributed by atoms with van der Waals surface area (Å²) in [5, 5.41) is 3.72. The predicted octanol–water partition coefficient (Wildman–Crippen LogP) is 3.71. The number of ether oxygens (including phenoxy) is 1. The molecule has 1 saturated heterocycles. The molecule has 106 valence electrons. The highest BCUT2D eigenvalue weighted by Gasteiger charge is 2.21. The molecule has 2 rings (SSSR count). The highest BCUT2D eigenvalue weighted by molar-refractivity contribution is 5.24. The van der Waals surface area contributed by atoms with E-state index in [1.54, 1.807) is 0 Å². The third-order valence-corrected chi connectivity index (χ3v) is 4.30. The van der Waals surface area contributed by atoms with Gasteiger partial charge in [-0.15, -0.1) is 0 Å². The van der Waals surface area contributed by atoms with Crippen LogP contribution in [0.1, 0.15) is 50.8 Å². The van der Waals surface area contributed by atoms with E-state index in [0.29, 0.717) is 18.0 Å². The van der Waals surface area contributed by atoms with Crippen LogP contribution in [-0.4, -0.2) is 19.3 Å². The number of rotatable bonds is 5. The fourth-order valence-corrected chi connectivity index (χ4v) is 2.83. The molecule has 1 fully saturated rings. The molecule has 3 atom stereocenters. The molecule has 1 heterocycles. The smallest absolute Gasteiger partial charge is 0.0509 e. The summed E-state index contributed by atoms with van der Waals surface area (Å²) < 4.78 is 5.58. The summed E-state index contributed by atoms with van der Waals surface area (Å²) in [6, 6.07) is 9.90. The average molecular weight is 261 g/mol. The summed E-state index contributed by atoms with van der Waals surface area (Å²) in [7, 11) is 0. The molecule has 0 amide bonds. The Kier molecular flexibility index (Phi) is 5.41. The predicted molar refractivity (Wildman–Crippen MR) is 80.4 cm³/mol. The van der Waals surface area contributed by atoms with Crippen LogP contribution < -0.4 is 5.32 Å². The van der Waals surface area contributed by atoms with Crippen LogP contribution in [-0.2, 0) is 11.2 Å². The Morgan fingerprint density at radius 1 is 1.26 bits per heavy atom. The molecule has 0 aromatic heterocycles. The van der Waals surface area contributed by atoms with Gasteiger partial charge in [0.25, 0.3) is 0 Å². The van der Waals surface area contributed by atoms with Crippen molar-refractivity contribution in [3.63, 3.8) is 0 Å². The van der Waals surface area contributed by atoms with Gasteiger partial charge in [-0.3, -0.25) is 0 Å². The second-order valence-electron chi connectivity index (χ2n) is 5.75. The zero-order valence-electron chi connectivity index (χ0n) is 12.5. The minimum Gasteiger partial charge on any atom is -0.381 e. The maximum atomic E-state index is 5.58. The van der Waals surface area contributed by atoms with Crippen molar-refractivity contribution in [1.29, 1.82) is 0 Å². The zero-order valence-corrected chi connectivity index (χ0v) is 12.5. The van der Waals surface area contributed by atoms with Gasteiger partial charge >= 0.3 is 0 Å². The largest absolute Gasteiger partial charge is 0.381 e. The number of nitrogens with one attached hydrogen (secondary N) is 1. The summed E-state index contributed by atoms with van der Waals surface area (Å²) in [4.78, 5) is 0. The van der Waals surface area contributed by atoms with Crippen LogP contribution in [0, 0.1) is 5.92 Å². The molecule has 19 heavy (non-hydrogen) atoms. The quantitative estimate of drug-likeness (QED) is 0.872. The van der Waals surface area contributed by atoms with E-state index in [9.17, 15) is 0 Å². The molecule has 0 aliphatic carbocycles. The van der Waals surface area contributed by atoms with Crippen LogP contribution in [0.2, 0.25) is 0 Å². The SMILES string of the molecule is CCc1ccc([C@H](C)N[C@H](C)[C@H]2CCCOC2)cc1. The minimum absolute atomic E-state index is 0.405. The Hall–Kier alpha value is -0.860. The van der Waals surface area contributed by atoms with Gasteiger partial charge in [-0.2, -0.15) is 0 Å². The van der Waals surface area contributed by atoms with Gasteiger partial charge in [-0.25, -0.2) is 0 Å². The molecule has 0 radical (unpaired) electrons. The van der Waals surface area contributed by atoms with Crippen LogP contribution in [0.3, 0.4) is 0 Å². The Balaban J connectivity index is 1.89. The van der Waals surface area contributed by atoms with Gasteiger partial charge in [0.1, 0.15) is 0 Å². The fourth-order valence-electron chi connectivity index (χ4n) is 2.83. The second kappa shape index (κ2) is 7.06. The van der Waals surface area contributed by atoms with E-state index in [-0.39, 0.29) is 0 Å². The van der Waals surface area contributed by atoms with Crippen molar-refractivity contribution >= 4 is 0 Å². The summed E-state index contributed by atoms with van der Waals surface area (Å²) in [6.07, 6.45) is 3.60. The van der Waals surface area contributed by atoms with Crippen LogP contribution in [0.15, 0.2) is 24.3 Å². The van der Waals surface area contributed by atoms with Gasteiger partial charge < -0.3 is 10.1 Å². The van der Waals surface area contributed by atoms with Crippen molar-refractivity contribution in [2.24, 2.45) is 5.92 Å². The van der Waals surface area contributed by atoms with E-state index in [1.165, 1.54) is 24.0 Å². The van der Waals surface area contributed by atoms with E-state index in [4.69, 9.17) is 4.74 Å². The summed E-state index contributed by atoms with van der Waals surface area (Å²) in [5.41, 5.74) is 2.78. The van der Waals surface area contributed by atoms with Gasteiger partial charge in [-0.1, -0.05) is 31.2 Å². The summed E-state index contributed by atoms with van der Waals surface area (Å²) in [5.74, 6) is 0.658. The number of hydrogen-bond donors (Lipinski definition) is 1. The van der Waals surface area contributed by atoms with Crippen LogP contribution in [0.5, 0.6) is 0 Å². The Morgan fingerprint density at radius 3 is 2.58 bits per heavy atom. The molecule has 0 bridgehead atoms. The molecule has 2 heteroatoms. The van der Waals surface area contributed by atoms with E-state index < -0.39 is 0 Å². The van der Waals surface area contributed by atoms with Gasteiger partial charge in [0.2, 0.25) is 0 Å². The molecule has 1 aliphatic rings. The second-order valence-corrected chi connectivity index (χ2v) is 5.75. The first kappa shape index (κ1) is 14.5. The molecular weight excluding hydrogens is 234 g/mol. The normalized spacial score (nSPS) is 23.0. The van der Waals surface area contributed by atoms with E-state index >= 15 is 0 Å². The Bertz CT molecular complexity index is 367. The Morgan fingerprint density at radius 2 is 2.00 bits per heavy atom. The van der Waals surface area contributed by atoms with Crippen molar-refractivity contribution in [1.82, 2.24) is 5.32 Å². The standard InChI is InChI=1S/C17H27NO/c1-4-15-7-9-16(10-8-15)13(2)18-14(3)17-6-5-11-19-12-17/h7-10,13-14,17-18H,4-6,11-12H2,1-3H3/t13-,14+,17-/m0/s1. The molecule has 0 unspecified atom stereocenters. The van der Waals surface area contributed by atoms with Crippen molar-refractivity contribution < 1.29 is 4.74 Å². The van der Waals surface area contributed by atoms with Crippen molar-refractivity contribution in [2.75, 3.05) is 13.2 Å². The molecule has 1 aromatic carbocycles. The minimum atomic E-state index is 0.405. The maximum Gasteiger partial charge on any atom is 0.0509 e. The zero-order chi connectivity index (χ0) is 13.7. The van der Waals surface area contributed by atoms with Gasteiger partial charge in [-0.05, 0) is 50.2 Å². The highest BCUT2D eigenvalue weighted by atomic mass is 16.5. The molecule has 2 nitrogen and oxygen atoms in total. The monoisotopic (exact) mass is 261 g/mol. The molecule has 1 aromatic rings. The van der Waals surface area contributed by atoms with Crippen LogP contribution >= 0.6 is 0 Å². The lowest BCUT2D eigenvalue weighted by Crippen LogP contribution is -2.39. The fraction of sp³-hybridized carbons (Fsp3) is 0.647. The van der Waals surface area contributed by atoms with Crippen molar-refractivity contribution in [3.05, 3.63) is 35.4 Å². The van der Waals surface area contributed by atoms with E-state index in [2.05, 4.69) is 50.4 Å². The van der Waals surface area contributed by atoms with Crippen LogP contribution in [0.4, 0.5) is 0 Å². The maximum absolute atomic E-state index is 5.58. The average Bonchev–Trinajstić information content (AvgIpc) is 2.48. The number of aryl methyl sites for hydroxylation is 1. The first-order valence-electron chi connectivity index (χ1n) is 7.63. The lowest BCUT2D eigenvalue weighted by atomic mass is 9.93. The topological polar surface area (TPSA) is 21.3 Å². The molecule has 1 N–H and O–H groups in total. The molecule has 1 aliphatic heterocycles. The van der Waals surface area contributed by atoms with E-state index in [0.717, 1.165) is 19.6 Å². The summed E-state index contributed by atoms with van der Waals surface area (Å²) >= 11 is 0. The lowest BCUT2D eigenvalue weighted by Gasteiger charge is -2.30.